The van der Waals surface area contributed by atoms with Crippen LogP contribution in [0.5, 0.6) is 0 Å². The minimum Gasteiger partial charge on any atom is -0.481 e. The summed E-state index contributed by atoms with van der Waals surface area (Å²) in [5, 5.41) is 30.7. The minimum absolute atomic E-state index is 0.147. The normalized spacial score (nSPS) is 51.7. The molecule has 0 aliphatic heterocycles. The molecule has 0 spiro atoms. The van der Waals surface area contributed by atoms with E-state index in [1.54, 1.807) is 0 Å². The maximum Gasteiger partial charge on any atom is 0.303 e. The zero-order valence-corrected chi connectivity index (χ0v) is 17.9. The number of aliphatic hydroxyl groups is 2. The van der Waals surface area contributed by atoms with Crippen LogP contribution in [0.3, 0.4) is 0 Å². The Labute approximate surface area is 170 Å². The van der Waals surface area contributed by atoms with Crippen LogP contribution in [0.4, 0.5) is 0 Å². The van der Waals surface area contributed by atoms with Gasteiger partial charge in [-0.05, 0) is 104 Å². The Hall–Kier alpha value is -0.610. The molecule has 0 saturated heterocycles. The average molecular weight is 393 g/mol. The van der Waals surface area contributed by atoms with Gasteiger partial charge in [-0.15, -0.1) is 0 Å². The molecule has 0 aromatic carbocycles. The fourth-order valence-corrected chi connectivity index (χ4v) is 8.89. The number of hydrogen-bond acceptors (Lipinski definition) is 3. The van der Waals surface area contributed by atoms with Gasteiger partial charge in [-0.2, -0.15) is 0 Å². The van der Waals surface area contributed by atoms with Crippen LogP contribution in [0.2, 0.25) is 0 Å². The molecule has 0 amide bonds. The van der Waals surface area contributed by atoms with Gasteiger partial charge in [-0.3, -0.25) is 4.79 Å². The second-order valence-electron chi connectivity index (χ2n) is 11.4. The van der Waals surface area contributed by atoms with Gasteiger partial charge >= 0.3 is 5.97 Å². The maximum absolute atomic E-state index is 11.4. The first kappa shape index (κ1) is 20.7. The second-order valence-corrected chi connectivity index (χ2v) is 11.4. The topological polar surface area (TPSA) is 77.8 Å². The van der Waals surface area contributed by atoms with E-state index in [1.807, 2.05) is 0 Å². The zero-order valence-electron chi connectivity index (χ0n) is 17.9. The van der Waals surface area contributed by atoms with Crippen molar-refractivity contribution in [2.24, 2.45) is 46.3 Å². The van der Waals surface area contributed by atoms with E-state index >= 15 is 0 Å². The number of carboxylic acids is 1. The van der Waals surface area contributed by atoms with Crippen molar-refractivity contribution in [1.82, 2.24) is 0 Å². The molecule has 0 heterocycles. The molecular weight excluding hydrogens is 352 g/mol. The molecule has 4 heteroatoms. The Balaban J connectivity index is 1.56. The van der Waals surface area contributed by atoms with Gasteiger partial charge in [0, 0.05) is 6.42 Å². The molecule has 0 aromatic heterocycles. The number of rotatable bonds is 4. The van der Waals surface area contributed by atoms with Crippen molar-refractivity contribution < 1.29 is 20.1 Å². The summed E-state index contributed by atoms with van der Waals surface area (Å²) in [6.07, 6.45) is 9.20. The van der Waals surface area contributed by atoms with E-state index in [0.717, 1.165) is 32.1 Å². The van der Waals surface area contributed by atoms with E-state index in [-0.39, 0.29) is 29.5 Å². The van der Waals surface area contributed by atoms with Crippen molar-refractivity contribution >= 4 is 5.97 Å². The van der Waals surface area contributed by atoms with Gasteiger partial charge in [0.1, 0.15) is 0 Å². The largest absolute Gasteiger partial charge is 0.481 e. The molecule has 28 heavy (non-hydrogen) atoms. The highest BCUT2D eigenvalue weighted by Crippen LogP contribution is 2.68. The fraction of sp³-hybridized carbons (Fsp3) is 0.958. The van der Waals surface area contributed by atoms with Crippen molar-refractivity contribution in [1.29, 1.82) is 0 Å². The Morgan fingerprint density at radius 3 is 2.54 bits per heavy atom. The van der Waals surface area contributed by atoms with Crippen molar-refractivity contribution in [2.75, 3.05) is 0 Å². The highest BCUT2D eigenvalue weighted by atomic mass is 16.4. The highest BCUT2D eigenvalue weighted by Gasteiger charge is 2.63. The van der Waals surface area contributed by atoms with E-state index in [4.69, 9.17) is 5.11 Å². The molecule has 0 bridgehead atoms. The van der Waals surface area contributed by atoms with Crippen LogP contribution in [0.1, 0.15) is 85.0 Å². The molecule has 4 saturated carbocycles. The molecule has 3 N–H and O–H groups in total. The Morgan fingerprint density at radius 2 is 1.82 bits per heavy atom. The van der Waals surface area contributed by atoms with E-state index in [0.29, 0.717) is 35.5 Å². The van der Waals surface area contributed by atoms with Gasteiger partial charge in [-0.1, -0.05) is 20.8 Å². The first-order valence-corrected chi connectivity index (χ1v) is 11.7. The lowest BCUT2D eigenvalue weighted by Gasteiger charge is -2.62. The van der Waals surface area contributed by atoms with Crippen LogP contribution in [-0.2, 0) is 4.79 Å². The van der Waals surface area contributed by atoms with Crippen molar-refractivity contribution in [3.63, 3.8) is 0 Å². The van der Waals surface area contributed by atoms with Crippen LogP contribution in [0.25, 0.3) is 0 Å². The van der Waals surface area contributed by atoms with Crippen LogP contribution >= 0.6 is 0 Å². The standard InChI is InChI=1S/C24H40O4/c1-14(4-9-21(27)28)18-7-8-19-17-6-5-15-12-16(25)10-11-23(15,2)22(17)20(26)13-24(18,19)3/h14-20,22,25-26H,4-13H2,1-3H3,(H,27,28)/t14-,15-,16-,17+,18-,19+,20-,22-,23+,24-/m1/s1. The molecule has 4 aliphatic carbocycles. The first-order chi connectivity index (χ1) is 13.2. The van der Waals surface area contributed by atoms with Crippen molar-refractivity contribution in [2.45, 2.75) is 97.2 Å². The minimum atomic E-state index is -0.693. The van der Waals surface area contributed by atoms with Gasteiger partial charge in [0.15, 0.2) is 0 Å². The molecule has 0 unspecified atom stereocenters. The fourth-order valence-electron chi connectivity index (χ4n) is 8.89. The highest BCUT2D eigenvalue weighted by molar-refractivity contribution is 5.66. The quantitative estimate of drug-likeness (QED) is 0.659. The van der Waals surface area contributed by atoms with E-state index in [1.165, 1.54) is 25.7 Å². The molecule has 4 fully saturated rings. The molecule has 0 aromatic rings. The van der Waals surface area contributed by atoms with E-state index in [2.05, 4.69) is 20.8 Å². The average Bonchev–Trinajstić information content (AvgIpc) is 2.96. The zero-order chi connectivity index (χ0) is 20.3. The number of fused-ring (bicyclic) bond motifs is 5. The third kappa shape index (κ3) is 3.14. The van der Waals surface area contributed by atoms with Crippen LogP contribution in [-0.4, -0.2) is 33.5 Å². The third-order valence-electron chi connectivity index (χ3n) is 10.1. The summed E-state index contributed by atoms with van der Waals surface area (Å²) in [6, 6.07) is 0. The monoisotopic (exact) mass is 392 g/mol. The Bertz CT molecular complexity index is 605. The van der Waals surface area contributed by atoms with Crippen LogP contribution in [0, 0.1) is 46.3 Å². The summed E-state index contributed by atoms with van der Waals surface area (Å²) in [5.74, 6) is 2.46. The Morgan fingerprint density at radius 1 is 1.07 bits per heavy atom. The number of carbonyl (C=O) groups is 1. The summed E-state index contributed by atoms with van der Waals surface area (Å²) < 4.78 is 0. The van der Waals surface area contributed by atoms with E-state index in [9.17, 15) is 15.0 Å². The lowest BCUT2D eigenvalue weighted by atomic mass is 9.43. The summed E-state index contributed by atoms with van der Waals surface area (Å²) in [4.78, 5) is 11.1. The molecule has 4 aliphatic rings. The van der Waals surface area contributed by atoms with Crippen molar-refractivity contribution in [3.8, 4) is 0 Å². The van der Waals surface area contributed by atoms with Gasteiger partial charge < -0.3 is 15.3 Å². The lowest BCUT2D eigenvalue weighted by Crippen LogP contribution is -2.59. The van der Waals surface area contributed by atoms with Crippen LogP contribution < -0.4 is 0 Å². The number of aliphatic carboxylic acids is 1. The number of carboxylic acid groups (broad SMARTS) is 1. The molecule has 4 rings (SSSR count). The molecule has 4 nitrogen and oxygen atoms in total. The summed E-state index contributed by atoms with van der Waals surface area (Å²) in [6.45, 7) is 7.06. The van der Waals surface area contributed by atoms with Gasteiger partial charge in [0.25, 0.3) is 0 Å². The summed E-state index contributed by atoms with van der Waals surface area (Å²) >= 11 is 0. The van der Waals surface area contributed by atoms with E-state index < -0.39 is 5.97 Å². The Kier molecular flexibility index (Phi) is 5.36. The van der Waals surface area contributed by atoms with Crippen LogP contribution in [0.15, 0.2) is 0 Å². The molecule has 0 radical (unpaired) electrons. The maximum atomic E-state index is 11.4. The van der Waals surface area contributed by atoms with Gasteiger partial charge in [0.05, 0.1) is 12.2 Å². The predicted octanol–water partition coefficient (Wildman–Crippen LogP) is 4.48. The number of hydrogen-bond donors (Lipinski definition) is 3. The van der Waals surface area contributed by atoms with Gasteiger partial charge in [-0.25, -0.2) is 0 Å². The number of aliphatic hydroxyl groups excluding tert-OH is 2. The van der Waals surface area contributed by atoms with Crippen molar-refractivity contribution in [3.05, 3.63) is 0 Å². The summed E-state index contributed by atoms with van der Waals surface area (Å²) in [7, 11) is 0. The summed E-state index contributed by atoms with van der Waals surface area (Å²) in [5.41, 5.74) is 0.325. The van der Waals surface area contributed by atoms with Gasteiger partial charge in [0.2, 0.25) is 0 Å². The molecular formula is C24H40O4. The first-order valence-electron chi connectivity index (χ1n) is 11.7. The second kappa shape index (κ2) is 7.27. The third-order valence-corrected chi connectivity index (χ3v) is 10.1. The SMILES string of the molecule is C[C@H](CCC(=O)O)[C@H]1CC[C@H]2[C@@H]3CC[C@@H]4C[C@H](O)CC[C@]4(C)[C@H]3[C@H](O)C[C@]12C. The smallest absolute Gasteiger partial charge is 0.303 e. The molecule has 10 atom stereocenters. The molecule has 160 valence electrons. The lowest BCUT2D eigenvalue weighted by molar-refractivity contribution is -0.179. The predicted molar refractivity (Wildman–Crippen MR) is 109 cm³/mol.